The molecule has 116 valence electrons. The van der Waals surface area contributed by atoms with Crippen LogP contribution >= 0.6 is 27.5 Å². The highest BCUT2D eigenvalue weighted by molar-refractivity contribution is 9.10. The first-order valence-corrected chi connectivity index (χ1v) is 9.29. The van der Waals surface area contributed by atoms with Gasteiger partial charge in [-0.1, -0.05) is 11.6 Å². The third-order valence-electron chi connectivity index (χ3n) is 3.56. The number of ether oxygens (including phenoxy) is 1. The molecule has 1 aromatic carbocycles. The second-order valence-corrected chi connectivity index (χ2v) is 8.54. The maximum absolute atomic E-state index is 12.1. The van der Waals surface area contributed by atoms with Gasteiger partial charge in [0.25, 0.3) is 0 Å². The van der Waals surface area contributed by atoms with E-state index in [0.29, 0.717) is 15.2 Å². The molecule has 8 heteroatoms. The van der Waals surface area contributed by atoms with Gasteiger partial charge in [0.05, 0.1) is 23.6 Å². The zero-order valence-corrected chi connectivity index (χ0v) is 14.5. The molecule has 0 radical (unpaired) electrons. The highest BCUT2D eigenvalue weighted by atomic mass is 79.9. The van der Waals surface area contributed by atoms with Gasteiger partial charge in [0.2, 0.25) is 0 Å². The Kier molecular flexibility index (Phi) is 4.85. The minimum Gasteiger partial charge on any atom is -0.467 e. The number of benzene rings is 1. The van der Waals surface area contributed by atoms with Gasteiger partial charge < -0.3 is 10.1 Å². The molecule has 0 unspecified atom stereocenters. The molecule has 1 aromatic rings. The van der Waals surface area contributed by atoms with Crippen molar-refractivity contribution in [3.8, 4) is 0 Å². The summed E-state index contributed by atoms with van der Waals surface area (Å²) in [5, 5.41) is 3.68. The molecule has 0 amide bonds. The summed E-state index contributed by atoms with van der Waals surface area (Å²) in [4.78, 5) is 12.1. The minimum atomic E-state index is -3.08. The van der Waals surface area contributed by atoms with Crippen LogP contribution in [0.2, 0.25) is 5.02 Å². The van der Waals surface area contributed by atoms with Crippen molar-refractivity contribution in [1.82, 2.24) is 0 Å². The summed E-state index contributed by atoms with van der Waals surface area (Å²) < 4.78 is 28.7. The lowest BCUT2D eigenvalue weighted by Gasteiger charge is -2.36. The molecule has 1 saturated heterocycles. The van der Waals surface area contributed by atoms with Crippen LogP contribution in [-0.4, -0.2) is 38.5 Å². The fourth-order valence-corrected chi connectivity index (χ4v) is 4.33. The van der Waals surface area contributed by atoms with Crippen LogP contribution in [0.5, 0.6) is 0 Å². The van der Waals surface area contributed by atoms with Crippen molar-refractivity contribution in [2.45, 2.75) is 18.4 Å². The van der Waals surface area contributed by atoms with Gasteiger partial charge in [-0.25, -0.2) is 13.2 Å². The summed E-state index contributed by atoms with van der Waals surface area (Å²) in [6.07, 6.45) is 0.366. The number of esters is 1. The number of sulfone groups is 1. The molecule has 0 bridgehead atoms. The van der Waals surface area contributed by atoms with E-state index in [-0.39, 0.29) is 24.3 Å². The molecule has 0 saturated carbocycles. The third-order valence-corrected chi connectivity index (χ3v) is 6.43. The van der Waals surface area contributed by atoms with Crippen molar-refractivity contribution >= 4 is 49.0 Å². The van der Waals surface area contributed by atoms with E-state index in [2.05, 4.69) is 21.2 Å². The molecule has 1 heterocycles. The van der Waals surface area contributed by atoms with E-state index >= 15 is 0 Å². The lowest BCUT2D eigenvalue weighted by Crippen LogP contribution is -2.52. The smallest absolute Gasteiger partial charge is 0.331 e. The first-order valence-electron chi connectivity index (χ1n) is 6.30. The van der Waals surface area contributed by atoms with Gasteiger partial charge in [0, 0.05) is 10.2 Å². The molecule has 0 aromatic heterocycles. The molecular formula is C13H15BrClNO4S. The van der Waals surface area contributed by atoms with Crippen LogP contribution < -0.4 is 5.32 Å². The van der Waals surface area contributed by atoms with Crippen molar-refractivity contribution < 1.29 is 17.9 Å². The maximum atomic E-state index is 12.1. The molecule has 1 aliphatic rings. The van der Waals surface area contributed by atoms with Crippen molar-refractivity contribution in [3.63, 3.8) is 0 Å². The standard InChI is InChI=1S/C13H15BrClNO4S/c1-20-12(17)13(4-6-21(18,19)7-5-13)16-9-2-3-11(15)10(14)8-9/h2-3,8,16H,4-7H2,1H3. The topological polar surface area (TPSA) is 72.5 Å². The first kappa shape index (κ1) is 16.6. The van der Waals surface area contributed by atoms with Crippen molar-refractivity contribution in [1.29, 1.82) is 0 Å². The van der Waals surface area contributed by atoms with Gasteiger partial charge in [-0.05, 0) is 47.0 Å². The maximum Gasteiger partial charge on any atom is 0.331 e. The van der Waals surface area contributed by atoms with Crippen molar-refractivity contribution in [3.05, 3.63) is 27.7 Å². The summed E-state index contributed by atoms with van der Waals surface area (Å²) in [5.74, 6) is -0.531. The second kappa shape index (κ2) is 6.14. The number of hydrogen-bond donors (Lipinski definition) is 1. The Hall–Kier alpha value is -0.790. The average molecular weight is 397 g/mol. The predicted molar refractivity (Wildman–Crippen MR) is 85.4 cm³/mol. The van der Waals surface area contributed by atoms with Gasteiger partial charge in [-0.3, -0.25) is 0 Å². The van der Waals surface area contributed by atoms with E-state index in [1.807, 2.05) is 0 Å². The molecule has 0 atom stereocenters. The average Bonchev–Trinajstić information content (AvgIpc) is 2.44. The van der Waals surface area contributed by atoms with E-state index in [4.69, 9.17) is 16.3 Å². The number of carbonyl (C=O) groups excluding carboxylic acids is 1. The van der Waals surface area contributed by atoms with E-state index in [0.717, 1.165) is 0 Å². The van der Waals surface area contributed by atoms with Gasteiger partial charge in [-0.15, -0.1) is 0 Å². The second-order valence-electron chi connectivity index (χ2n) is 4.98. The Labute approximate surface area is 137 Å². The normalized spacial score (nSPS) is 19.8. The quantitative estimate of drug-likeness (QED) is 0.795. The Morgan fingerprint density at radius 3 is 2.52 bits per heavy atom. The molecule has 0 spiro atoms. The van der Waals surface area contributed by atoms with Crippen molar-refractivity contribution in [2.24, 2.45) is 0 Å². The number of carbonyl (C=O) groups is 1. The lowest BCUT2D eigenvalue weighted by molar-refractivity contribution is -0.146. The van der Waals surface area contributed by atoms with Crippen LogP contribution in [0.1, 0.15) is 12.8 Å². The van der Waals surface area contributed by atoms with Crippen LogP contribution in [0, 0.1) is 0 Å². The Balaban J connectivity index is 2.29. The zero-order valence-electron chi connectivity index (χ0n) is 11.4. The van der Waals surface area contributed by atoms with Crippen LogP contribution in [0.15, 0.2) is 22.7 Å². The summed E-state index contributed by atoms with van der Waals surface area (Å²) >= 11 is 9.26. The zero-order chi connectivity index (χ0) is 15.7. The number of hydrogen-bond acceptors (Lipinski definition) is 5. The number of anilines is 1. The SMILES string of the molecule is COC(=O)C1(Nc2ccc(Cl)c(Br)c2)CCS(=O)(=O)CC1. The number of rotatable bonds is 3. The van der Waals surface area contributed by atoms with Gasteiger partial charge in [-0.2, -0.15) is 0 Å². The summed E-state index contributed by atoms with van der Waals surface area (Å²) in [6.45, 7) is 0. The molecule has 1 N–H and O–H groups in total. The van der Waals surface area contributed by atoms with Gasteiger partial charge in [0.1, 0.15) is 5.54 Å². The molecule has 5 nitrogen and oxygen atoms in total. The van der Waals surface area contributed by atoms with Crippen LogP contribution in [0.4, 0.5) is 5.69 Å². The van der Waals surface area contributed by atoms with E-state index < -0.39 is 21.3 Å². The van der Waals surface area contributed by atoms with Gasteiger partial charge >= 0.3 is 5.97 Å². The van der Waals surface area contributed by atoms with E-state index in [9.17, 15) is 13.2 Å². The molecule has 21 heavy (non-hydrogen) atoms. The van der Waals surface area contributed by atoms with Crippen LogP contribution in [0.25, 0.3) is 0 Å². The number of nitrogens with one attached hydrogen (secondary N) is 1. The largest absolute Gasteiger partial charge is 0.467 e. The lowest BCUT2D eigenvalue weighted by atomic mass is 9.92. The van der Waals surface area contributed by atoms with E-state index in [1.165, 1.54) is 7.11 Å². The Morgan fingerprint density at radius 2 is 2.00 bits per heavy atom. The summed E-state index contributed by atoms with van der Waals surface area (Å²) in [7, 11) is -1.78. The molecule has 0 aliphatic carbocycles. The summed E-state index contributed by atoms with van der Waals surface area (Å²) in [6, 6.07) is 5.18. The first-order chi connectivity index (χ1) is 9.78. The highest BCUT2D eigenvalue weighted by Gasteiger charge is 2.44. The van der Waals surface area contributed by atoms with Gasteiger partial charge in [0.15, 0.2) is 9.84 Å². The van der Waals surface area contributed by atoms with Crippen molar-refractivity contribution in [2.75, 3.05) is 23.9 Å². The van der Waals surface area contributed by atoms with Crippen LogP contribution in [-0.2, 0) is 19.4 Å². The number of halogens is 2. The highest BCUT2D eigenvalue weighted by Crippen LogP contribution is 2.32. The third kappa shape index (κ3) is 3.70. The monoisotopic (exact) mass is 395 g/mol. The van der Waals surface area contributed by atoms with Crippen LogP contribution in [0.3, 0.4) is 0 Å². The summed E-state index contributed by atoms with van der Waals surface area (Å²) in [5.41, 5.74) is -0.344. The fraction of sp³-hybridized carbons (Fsp3) is 0.462. The molecule has 1 aliphatic heterocycles. The predicted octanol–water partition coefficient (Wildman–Crippen LogP) is 2.63. The molecular weight excluding hydrogens is 382 g/mol. The number of methoxy groups -OCH3 is 1. The fourth-order valence-electron chi connectivity index (χ4n) is 2.31. The Bertz CT molecular complexity index is 648. The Morgan fingerprint density at radius 1 is 1.38 bits per heavy atom. The molecule has 2 rings (SSSR count). The van der Waals surface area contributed by atoms with E-state index in [1.54, 1.807) is 18.2 Å². The molecule has 1 fully saturated rings. The minimum absolute atomic E-state index is 0.0378.